The SMILES string of the molecule is COC(=O)c1ncc(-c2cccc(C)c2)cc1N. The molecule has 92 valence electrons. The summed E-state index contributed by atoms with van der Waals surface area (Å²) in [5, 5.41) is 0. The van der Waals surface area contributed by atoms with Crippen molar-refractivity contribution >= 4 is 11.7 Å². The molecule has 2 N–H and O–H groups in total. The number of rotatable bonds is 2. The molecule has 0 atom stereocenters. The van der Waals surface area contributed by atoms with Gasteiger partial charge in [-0.2, -0.15) is 0 Å². The second-order valence-electron chi connectivity index (χ2n) is 4.02. The number of methoxy groups -OCH3 is 1. The molecule has 4 nitrogen and oxygen atoms in total. The van der Waals surface area contributed by atoms with Gasteiger partial charge in [-0.05, 0) is 18.6 Å². The van der Waals surface area contributed by atoms with Crippen LogP contribution in [0.4, 0.5) is 5.69 Å². The summed E-state index contributed by atoms with van der Waals surface area (Å²) >= 11 is 0. The fraction of sp³-hybridized carbons (Fsp3) is 0.143. The van der Waals surface area contributed by atoms with Crippen LogP contribution in [0, 0.1) is 6.92 Å². The molecule has 0 saturated carbocycles. The summed E-state index contributed by atoms with van der Waals surface area (Å²) in [4.78, 5) is 15.4. The van der Waals surface area contributed by atoms with Gasteiger partial charge in [-0.1, -0.05) is 29.8 Å². The minimum Gasteiger partial charge on any atom is -0.464 e. The molecule has 2 rings (SSSR count). The van der Waals surface area contributed by atoms with Gasteiger partial charge in [0, 0.05) is 11.8 Å². The molecule has 1 heterocycles. The number of esters is 1. The number of nitrogens with zero attached hydrogens (tertiary/aromatic N) is 1. The molecule has 1 aromatic heterocycles. The summed E-state index contributed by atoms with van der Waals surface area (Å²) in [5.41, 5.74) is 9.33. The zero-order chi connectivity index (χ0) is 13.1. The third-order valence-electron chi connectivity index (χ3n) is 2.65. The predicted molar refractivity (Wildman–Crippen MR) is 70.2 cm³/mol. The summed E-state index contributed by atoms with van der Waals surface area (Å²) in [5.74, 6) is -0.525. The molecule has 1 aromatic carbocycles. The second-order valence-corrected chi connectivity index (χ2v) is 4.02. The topological polar surface area (TPSA) is 65.2 Å². The van der Waals surface area contributed by atoms with Gasteiger partial charge in [0.05, 0.1) is 12.8 Å². The van der Waals surface area contributed by atoms with Crippen LogP contribution in [0.2, 0.25) is 0 Å². The van der Waals surface area contributed by atoms with Crippen molar-refractivity contribution < 1.29 is 9.53 Å². The van der Waals surface area contributed by atoms with E-state index in [2.05, 4.69) is 9.72 Å². The van der Waals surface area contributed by atoms with Crippen molar-refractivity contribution in [2.45, 2.75) is 6.92 Å². The van der Waals surface area contributed by atoms with Crippen LogP contribution < -0.4 is 5.73 Å². The maximum atomic E-state index is 11.4. The number of carbonyl (C=O) groups excluding carboxylic acids is 1. The van der Waals surface area contributed by atoms with Crippen molar-refractivity contribution in [1.29, 1.82) is 0 Å². The van der Waals surface area contributed by atoms with E-state index in [1.54, 1.807) is 12.3 Å². The maximum absolute atomic E-state index is 11.4. The molecule has 0 fully saturated rings. The summed E-state index contributed by atoms with van der Waals surface area (Å²) in [7, 11) is 1.30. The van der Waals surface area contributed by atoms with Crippen molar-refractivity contribution in [3.8, 4) is 11.1 Å². The highest BCUT2D eigenvalue weighted by Crippen LogP contribution is 2.23. The molecule has 0 bridgehead atoms. The minimum absolute atomic E-state index is 0.147. The number of ether oxygens (including phenoxy) is 1. The second kappa shape index (κ2) is 4.87. The van der Waals surface area contributed by atoms with E-state index in [1.807, 2.05) is 31.2 Å². The van der Waals surface area contributed by atoms with Crippen LogP contribution in [0.5, 0.6) is 0 Å². The van der Waals surface area contributed by atoms with Crippen LogP contribution in [0.15, 0.2) is 36.5 Å². The van der Waals surface area contributed by atoms with Gasteiger partial charge in [0.2, 0.25) is 0 Å². The number of benzene rings is 1. The van der Waals surface area contributed by atoms with Gasteiger partial charge in [-0.3, -0.25) is 0 Å². The molecule has 4 heteroatoms. The number of pyridine rings is 1. The van der Waals surface area contributed by atoms with Crippen molar-refractivity contribution in [3.05, 3.63) is 47.8 Å². The maximum Gasteiger partial charge on any atom is 0.358 e. The van der Waals surface area contributed by atoms with Gasteiger partial charge in [0.15, 0.2) is 5.69 Å². The van der Waals surface area contributed by atoms with Gasteiger partial charge >= 0.3 is 5.97 Å². The lowest BCUT2D eigenvalue weighted by atomic mass is 10.0. The molecule has 0 aliphatic carbocycles. The summed E-state index contributed by atoms with van der Waals surface area (Å²) < 4.78 is 4.60. The van der Waals surface area contributed by atoms with E-state index in [1.165, 1.54) is 7.11 Å². The Labute approximate surface area is 105 Å². The van der Waals surface area contributed by atoms with E-state index in [-0.39, 0.29) is 5.69 Å². The van der Waals surface area contributed by atoms with E-state index in [0.29, 0.717) is 5.69 Å². The highest BCUT2D eigenvalue weighted by Gasteiger charge is 2.12. The van der Waals surface area contributed by atoms with Crippen LogP contribution >= 0.6 is 0 Å². The highest BCUT2D eigenvalue weighted by atomic mass is 16.5. The van der Waals surface area contributed by atoms with Crippen molar-refractivity contribution in [2.24, 2.45) is 0 Å². The molecule has 0 radical (unpaired) electrons. The third kappa shape index (κ3) is 2.32. The number of hydrogen-bond acceptors (Lipinski definition) is 4. The van der Waals surface area contributed by atoms with E-state index >= 15 is 0 Å². The Kier molecular flexibility index (Phi) is 3.28. The number of hydrogen-bond donors (Lipinski definition) is 1. The van der Waals surface area contributed by atoms with Gasteiger partial charge < -0.3 is 10.5 Å². The zero-order valence-electron chi connectivity index (χ0n) is 10.3. The number of nitrogen functional groups attached to an aromatic ring is 1. The standard InChI is InChI=1S/C14H14N2O2/c1-9-4-3-5-10(6-9)11-7-12(15)13(16-8-11)14(17)18-2/h3-8H,15H2,1-2H3. The lowest BCUT2D eigenvalue weighted by Crippen LogP contribution is -2.08. The number of aryl methyl sites for hydroxylation is 1. The molecular formula is C14H14N2O2. The first kappa shape index (κ1) is 12.1. The minimum atomic E-state index is -0.525. The van der Waals surface area contributed by atoms with Crippen molar-refractivity contribution in [3.63, 3.8) is 0 Å². The lowest BCUT2D eigenvalue weighted by Gasteiger charge is -2.06. The van der Waals surface area contributed by atoms with Crippen LogP contribution in [-0.4, -0.2) is 18.1 Å². The third-order valence-corrected chi connectivity index (χ3v) is 2.65. The first-order valence-electron chi connectivity index (χ1n) is 5.52. The molecular weight excluding hydrogens is 228 g/mol. The van der Waals surface area contributed by atoms with Gasteiger partial charge in [0.1, 0.15) is 0 Å². The molecule has 0 saturated heterocycles. The van der Waals surface area contributed by atoms with Crippen LogP contribution in [-0.2, 0) is 4.74 Å². The fourth-order valence-electron chi connectivity index (χ4n) is 1.73. The van der Waals surface area contributed by atoms with Gasteiger partial charge in [-0.25, -0.2) is 9.78 Å². The molecule has 2 aromatic rings. The van der Waals surface area contributed by atoms with E-state index in [9.17, 15) is 4.79 Å². The summed E-state index contributed by atoms with van der Waals surface area (Å²) in [6.45, 7) is 2.02. The number of aromatic nitrogens is 1. The monoisotopic (exact) mass is 242 g/mol. The molecule has 0 aliphatic rings. The fourth-order valence-corrected chi connectivity index (χ4v) is 1.73. The molecule has 0 aliphatic heterocycles. The Morgan fingerprint density at radius 1 is 1.28 bits per heavy atom. The van der Waals surface area contributed by atoms with Crippen LogP contribution in [0.3, 0.4) is 0 Å². The average Bonchev–Trinajstić information content (AvgIpc) is 2.37. The van der Waals surface area contributed by atoms with Crippen molar-refractivity contribution in [2.75, 3.05) is 12.8 Å². The van der Waals surface area contributed by atoms with Crippen LogP contribution in [0.25, 0.3) is 11.1 Å². The summed E-state index contributed by atoms with van der Waals surface area (Å²) in [6.07, 6.45) is 1.62. The molecule has 18 heavy (non-hydrogen) atoms. The Balaban J connectivity index is 2.43. The first-order valence-corrected chi connectivity index (χ1v) is 5.52. The Hall–Kier alpha value is -2.36. The predicted octanol–water partition coefficient (Wildman–Crippen LogP) is 2.43. The molecule has 0 unspecified atom stereocenters. The lowest BCUT2D eigenvalue weighted by molar-refractivity contribution is 0.0595. The van der Waals surface area contributed by atoms with E-state index in [4.69, 9.17) is 5.73 Å². The van der Waals surface area contributed by atoms with Crippen LogP contribution in [0.1, 0.15) is 16.1 Å². The largest absolute Gasteiger partial charge is 0.464 e. The summed E-state index contributed by atoms with van der Waals surface area (Å²) in [6, 6.07) is 9.72. The van der Waals surface area contributed by atoms with E-state index in [0.717, 1.165) is 16.7 Å². The van der Waals surface area contributed by atoms with Crippen molar-refractivity contribution in [1.82, 2.24) is 4.98 Å². The molecule has 0 amide bonds. The number of anilines is 1. The quantitative estimate of drug-likeness (QED) is 0.821. The Bertz CT molecular complexity index is 594. The van der Waals surface area contributed by atoms with Gasteiger partial charge in [-0.15, -0.1) is 0 Å². The highest BCUT2D eigenvalue weighted by molar-refractivity contribution is 5.93. The smallest absolute Gasteiger partial charge is 0.358 e. The number of carbonyl (C=O) groups is 1. The van der Waals surface area contributed by atoms with E-state index < -0.39 is 5.97 Å². The van der Waals surface area contributed by atoms with Gasteiger partial charge in [0.25, 0.3) is 0 Å². The Morgan fingerprint density at radius 2 is 2.06 bits per heavy atom. The first-order chi connectivity index (χ1) is 8.61. The normalized spacial score (nSPS) is 10.1. The molecule has 0 spiro atoms. The Morgan fingerprint density at radius 3 is 2.67 bits per heavy atom. The zero-order valence-corrected chi connectivity index (χ0v) is 10.3. The number of nitrogens with two attached hydrogens (primary N) is 1. The average molecular weight is 242 g/mol.